The molecule has 168 valence electrons. The Hall–Kier alpha value is -4.46. The van der Waals surface area contributed by atoms with Gasteiger partial charge >= 0.3 is 12.2 Å². The highest BCUT2D eigenvalue weighted by molar-refractivity contribution is 6.39. The number of hydrogen-bond acceptors (Lipinski definition) is 3. The number of barbiturate groups is 1. The van der Waals surface area contributed by atoms with Crippen LogP contribution in [0.4, 0.5) is 23.7 Å². The average molecular weight is 460 g/mol. The van der Waals surface area contributed by atoms with Crippen LogP contribution in [-0.4, -0.2) is 17.8 Å². The Morgan fingerprint density at radius 2 is 1.38 bits per heavy atom. The molecule has 8 heteroatoms. The van der Waals surface area contributed by atoms with Gasteiger partial charge in [-0.1, -0.05) is 54.6 Å². The first-order valence-corrected chi connectivity index (χ1v) is 10.2. The van der Waals surface area contributed by atoms with Gasteiger partial charge in [0.2, 0.25) is 0 Å². The summed E-state index contributed by atoms with van der Waals surface area (Å²) in [4.78, 5) is 38.9. The van der Waals surface area contributed by atoms with E-state index in [0.717, 1.165) is 33.7 Å². The molecule has 1 N–H and O–H groups in total. The largest absolute Gasteiger partial charge is 0.416 e. The van der Waals surface area contributed by atoms with Crippen LogP contribution < -0.4 is 10.2 Å². The van der Waals surface area contributed by atoms with Crippen molar-refractivity contribution in [2.75, 3.05) is 4.90 Å². The van der Waals surface area contributed by atoms with Crippen molar-refractivity contribution in [3.05, 3.63) is 95.6 Å². The molecule has 4 amide bonds. The number of amides is 4. The maximum atomic E-state index is 13.3. The number of fused-ring (bicyclic) bond motifs is 2. The topological polar surface area (TPSA) is 66.5 Å². The number of carbonyl (C=O) groups excluding carboxylic acids is 3. The van der Waals surface area contributed by atoms with E-state index in [2.05, 4.69) is 5.32 Å². The summed E-state index contributed by atoms with van der Waals surface area (Å²) >= 11 is 0. The number of hydrogen-bond donors (Lipinski definition) is 1. The number of imide groups is 2. The quantitative estimate of drug-likeness (QED) is 0.238. The Morgan fingerprint density at radius 1 is 0.765 bits per heavy atom. The molecule has 4 aromatic rings. The van der Waals surface area contributed by atoms with Crippen LogP contribution in [0.2, 0.25) is 0 Å². The third-order valence-corrected chi connectivity index (χ3v) is 5.63. The monoisotopic (exact) mass is 460 g/mol. The van der Waals surface area contributed by atoms with Gasteiger partial charge in [-0.25, -0.2) is 9.69 Å². The molecule has 1 saturated heterocycles. The minimum Gasteiger partial charge on any atom is -0.273 e. The van der Waals surface area contributed by atoms with Crippen molar-refractivity contribution in [1.29, 1.82) is 0 Å². The number of rotatable bonds is 2. The number of anilines is 1. The van der Waals surface area contributed by atoms with Crippen molar-refractivity contribution >= 4 is 51.2 Å². The number of nitrogens with one attached hydrogen (secondary N) is 1. The fourth-order valence-corrected chi connectivity index (χ4v) is 4.06. The fraction of sp³-hybridized carbons (Fsp3) is 0.0385. The van der Waals surface area contributed by atoms with Crippen molar-refractivity contribution in [3.8, 4) is 0 Å². The second-order valence-electron chi connectivity index (χ2n) is 7.74. The Balaban J connectivity index is 1.68. The number of alkyl halides is 3. The highest BCUT2D eigenvalue weighted by atomic mass is 19.4. The van der Waals surface area contributed by atoms with Crippen LogP contribution in [0.25, 0.3) is 27.6 Å². The smallest absolute Gasteiger partial charge is 0.273 e. The SMILES string of the molecule is O=C1NC(=O)N(c2cccc(C(F)(F)F)c2)C(=O)C1=Cc1c2ccccc2cc2ccccc12. The van der Waals surface area contributed by atoms with E-state index >= 15 is 0 Å². The number of nitrogens with zero attached hydrogens (tertiary/aromatic N) is 1. The summed E-state index contributed by atoms with van der Waals surface area (Å²) < 4.78 is 39.5. The second-order valence-corrected chi connectivity index (χ2v) is 7.74. The van der Waals surface area contributed by atoms with E-state index in [9.17, 15) is 27.6 Å². The van der Waals surface area contributed by atoms with Gasteiger partial charge in [0.25, 0.3) is 11.8 Å². The molecule has 0 bridgehead atoms. The van der Waals surface area contributed by atoms with Crippen molar-refractivity contribution in [2.24, 2.45) is 0 Å². The fourth-order valence-electron chi connectivity index (χ4n) is 4.06. The molecule has 34 heavy (non-hydrogen) atoms. The minimum absolute atomic E-state index is 0.293. The Morgan fingerprint density at radius 3 is 2.00 bits per heavy atom. The van der Waals surface area contributed by atoms with Gasteiger partial charge in [-0.3, -0.25) is 14.9 Å². The van der Waals surface area contributed by atoms with Gasteiger partial charge in [-0.15, -0.1) is 0 Å². The lowest BCUT2D eigenvalue weighted by Gasteiger charge is -2.27. The normalized spacial score (nSPS) is 15.9. The molecule has 1 aliphatic heterocycles. The standard InChI is InChI=1S/C26H15F3N2O3/c27-26(28,29)17-8-5-9-18(13-17)31-24(33)22(23(32)30-25(31)34)14-21-19-10-3-1-6-15(19)12-16-7-2-4-11-20(16)21/h1-14H,(H,30,32,34). The molecular weight excluding hydrogens is 445 g/mol. The molecule has 4 aromatic carbocycles. The maximum Gasteiger partial charge on any atom is 0.416 e. The van der Waals surface area contributed by atoms with E-state index in [4.69, 9.17) is 0 Å². The summed E-state index contributed by atoms with van der Waals surface area (Å²) in [6.07, 6.45) is -3.28. The molecule has 0 spiro atoms. The van der Waals surface area contributed by atoms with Gasteiger partial charge in [0.05, 0.1) is 11.3 Å². The second kappa shape index (κ2) is 7.84. The van der Waals surface area contributed by atoms with Gasteiger partial charge in [0, 0.05) is 0 Å². The molecule has 0 aromatic heterocycles. The molecule has 0 saturated carbocycles. The van der Waals surface area contributed by atoms with Gasteiger partial charge in [0.1, 0.15) is 5.57 Å². The summed E-state index contributed by atoms with van der Waals surface area (Å²) in [7, 11) is 0. The molecule has 1 fully saturated rings. The lowest BCUT2D eigenvalue weighted by Crippen LogP contribution is -2.54. The Kier molecular flexibility index (Phi) is 4.93. The van der Waals surface area contributed by atoms with Crippen LogP contribution in [0.15, 0.2) is 84.4 Å². The molecule has 0 aliphatic carbocycles. The number of halogens is 3. The predicted octanol–water partition coefficient (Wildman–Crippen LogP) is 5.68. The third kappa shape index (κ3) is 3.59. The third-order valence-electron chi connectivity index (χ3n) is 5.63. The lowest BCUT2D eigenvalue weighted by molar-refractivity contribution is -0.137. The first-order valence-electron chi connectivity index (χ1n) is 10.2. The molecule has 5 nitrogen and oxygen atoms in total. The van der Waals surface area contributed by atoms with Crippen molar-refractivity contribution < 1.29 is 27.6 Å². The zero-order chi connectivity index (χ0) is 24.0. The van der Waals surface area contributed by atoms with Crippen LogP contribution in [0.1, 0.15) is 11.1 Å². The number of carbonyl (C=O) groups is 3. The number of benzene rings is 4. The molecule has 1 aliphatic rings. The highest BCUT2D eigenvalue weighted by Crippen LogP contribution is 2.34. The summed E-state index contributed by atoms with van der Waals surface area (Å²) in [6.45, 7) is 0. The molecular formula is C26H15F3N2O3. The summed E-state index contributed by atoms with van der Waals surface area (Å²) in [6, 6.07) is 19.5. The summed E-state index contributed by atoms with van der Waals surface area (Å²) in [5, 5.41) is 5.36. The minimum atomic E-state index is -4.67. The molecule has 5 rings (SSSR count). The first kappa shape index (κ1) is 21.4. The van der Waals surface area contributed by atoms with Crippen LogP contribution in [0.3, 0.4) is 0 Å². The van der Waals surface area contributed by atoms with Gasteiger partial charge in [-0.2, -0.15) is 13.2 Å². The summed E-state index contributed by atoms with van der Waals surface area (Å²) in [5.41, 5.74) is -1.09. The lowest BCUT2D eigenvalue weighted by atomic mass is 9.94. The van der Waals surface area contributed by atoms with E-state index in [1.165, 1.54) is 12.1 Å². The maximum absolute atomic E-state index is 13.3. The van der Waals surface area contributed by atoms with Crippen molar-refractivity contribution in [1.82, 2.24) is 5.32 Å². The van der Waals surface area contributed by atoms with E-state index in [1.54, 1.807) is 0 Å². The van der Waals surface area contributed by atoms with Crippen LogP contribution in [-0.2, 0) is 15.8 Å². The van der Waals surface area contributed by atoms with Crippen LogP contribution in [0, 0.1) is 0 Å². The van der Waals surface area contributed by atoms with Gasteiger partial charge in [0.15, 0.2) is 0 Å². The average Bonchev–Trinajstić information content (AvgIpc) is 2.80. The number of urea groups is 1. The first-order chi connectivity index (χ1) is 16.2. The van der Waals surface area contributed by atoms with Gasteiger partial charge in [-0.05, 0) is 57.4 Å². The predicted molar refractivity (Wildman–Crippen MR) is 122 cm³/mol. The van der Waals surface area contributed by atoms with E-state index in [1.807, 2.05) is 54.6 Å². The van der Waals surface area contributed by atoms with Crippen molar-refractivity contribution in [2.45, 2.75) is 6.18 Å². The van der Waals surface area contributed by atoms with Crippen molar-refractivity contribution in [3.63, 3.8) is 0 Å². The van der Waals surface area contributed by atoms with E-state index < -0.39 is 29.6 Å². The molecule has 1 heterocycles. The van der Waals surface area contributed by atoms with E-state index in [0.29, 0.717) is 16.5 Å². The van der Waals surface area contributed by atoms with Crippen LogP contribution >= 0.6 is 0 Å². The van der Waals surface area contributed by atoms with E-state index in [-0.39, 0.29) is 11.3 Å². The Labute approximate surface area is 191 Å². The molecule has 0 radical (unpaired) electrons. The zero-order valence-corrected chi connectivity index (χ0v) is 17.4. The molecule has 0 unspecified atom stereocenters. The van der Waals surface area contributed by atoms with Gasteiger partial charge < -0.3 is 0 Å². The zero-order valence-electron chi connectivity index (χ0n) is 17.4. The summed E-state index contributed by atoms with van der Waals surface area (Å²) in [5.74, 6) is -1.93. The van der Waals surface area contributed by atoms with Crippen LogP contribution in [0.5, 0.6) is 0 Å². The Bertz CT molecular complexity index is 1490. The highest BCUT2D eigenvalue weighted by Gasteiger charge is 2.38. The molecule has 0 atom stereocenters.